The highest BCUT2D eigenvalue weighted by Gasteiger charge is 2.28. The number of hydrogen-bond donors (Lipinski definition) is 1. The number of rotatable bonds is 4. The summed E-state index contributed by atoms with van der Waals surface area (Å²) in [7, 11) is 0. The average Bonchev–Trinajstić information content (AvgIpc) is 2.99. The molecule has 1 heterocycles. The molecular weight excluding hydrogens is 244 g/mol. The summed E-state index contributed by atoms with van der Waals surface area (Å²) >= 11 is 3.36. The molecule has 0 aromatic carbocycles. The fraction of sp³-hybridized carbons (Fsp3) is 0.400. The summed E-state index contributed by atoms with van der Waals surface area (Å²) in [5.74, 6) is 1.34. The van der Waals surface area contributed by atoms with Crippen molar-refractivity contribution < 1.29 is 4.79 Å². The summed E-state index contributed by atoms with van der Waals surface area (Å²) in [4.78, 5) is 15.5. The molecule has 0 atom stereocenters. The number of aromatic nitrogens is 1. The zero-order chi connectivity index (χ0) is 9.97. The van der Waals surface area contributed by atoms with Crippen molar-refractivity contribution in [2.45, 2.75) is 12.8 Å². The van der Waals surface area contributed by atoms with Gasteiger partial charge in [-0.3, -0.25) is 4.79 Å². The first kappa shape index (κ1) is 9.65. The first-order valence-electron chi connectivity index (χ1n) is 4.64. The molecule has 0 spiro atoms. The Hall–Kier alpha value is -0.900. The highest BCUT2D eigenvalue weighted by atomic mass is 79.9. The van der Waals surface area contributed by atoms with Crippen LogP contribution in [0, 0.1) is 5.92 Å². The molecule has 0 amide bonds. The molecule has 3 nitrogen and oxygen atoms in total. The molecule has 14 heavy (non-hydrogen) atoms. The van der Waals surface area contributed by atoms with Gasteiger partial charge in [0, 0.05) is 12.1 Å². The van der Waals surface area contributed by atoms with Gasteiger partial charge < -0.3 is 5.32 Å². The molecule has 74 valence electrons. The third-order valence-electron chi connectivity index (χ3n) is 2.22. The summed E-state index contributed by atoms with van der Waals surface area (Å²) in [6, 6.07) is 3.74. The zero-order valence-electron chi connectivity index (χ0n) is 7.66. The lowest BCUT2D eigenvalue weighted by Crippen LogP contribution is -2.16. The van der Waals surface area contributed by atoms with E-state index in [1.807, 2.05) is 12.1 Å². The fourth-order valence-electron chi connectivity index (χ4n) is 1.24. The largest absolute Gasteiger partial charge is 0.362 e. The number of anilines is 1. The van der Waals surface area contributed by atoms with Crippen molar-refractivity contribution in [3.8, 4) is 0 Å². The predicted octanol–water partition coefficient (Wildman–Crippen LogP) is 2.24. The van der Waals surface area contributed by atoms with Crippen LogP contribution in [-0.2, 0) is 4.79 Å². The van der Waals surface area contributed by atoms with Gasteiger partial charge in [0.25, 0.3) is 0 Å². The van der Waals surface area contributed by atoms with Crippen LogP contribution in [0.25, 0.3) is 0 Å². The van der Waals surface area contributed by atoms with E-state index in [1.165, 1.54) is 0 Å². The standard InChI is InChI=1S/C10H11BrN2O/c11-8-2-1-5-12-10(8)13-6-9(14)7-3-4-7/h1-2,5,7H,3-4,6H2,(H,12,13). The molecule has 2 rings (SSSR count). The molecular formula is C10H11BrN2O. The highest BCUT2D eigenvalue weighted by Crippen LogP contribution is 2.29. The van der Waals surface area contributed by atoms with Gasteiger partial charge in [0.2, 0.25) is 0 Å². The van der Waals surface area contributed by atoms with Crippen LogP contribution in [0.2, 0.25) is 0 Å². The third kappa shape index (κ3) is 2.32. The van der Waals surface area contributed by atoms with Crippen molar-refractivity contribution in [3.05, 3.63) is 22.8 Å². The van der Waals surface area contributed by atoms with Gasteiger partial charge >= 0.3 is 0 Å². The normalized spacial score (nSPS) is 15.2. The number of carbonyl (C=O) groups excluding carboxylic acids is 1. The van der Waals surface area contributed by atoms with E-state index < -0.39 is 0 Å². The summed E-state index contributed by atoms with van der Waals surface area (Å²) in [5, 5.41) is 3.03. The van der Waals surface area contributed by atoms with Gasteiger partial charge in [-0.15, -0.1) is 0 Å². The Balaban J connectivity index is 1.91. The highest BCUT2D eigenvalue weighted by molar-refractivity contribution is 9.10. The van der Waals surface area contributed by atoms with Gasteiger partial charge in [0.05, 0.1) is 11.0 Å². The Kier molecular flexibility index (Phi) is 2.82. The van der Waals surface area contributed by atoms with E-state index in [9.17, 15) is 4.79 Å². The third-order valence-corrected chi connectivity index (χ3v) is 2.86. The van der Waals surface area contributed by atoms with Crippen LogP contribution in [0.5, 0.6) is 0 Å². The Labute approximate surface area is 91.0 Å². The summed E-state index contributed by atoms with van der Waals surface area (Å²) in [6.45, 7) is 0.389. The van der Waals surface area contributed by atoms with Crippen molar-refractivity contribution in [3.63, 3.8) is 0 Å². The monoisotopic (exact) mass is 254 g/mol. The van der Waals surface area contributed by atoms with Crippen LogP contribution in [0.3, 0.4) is 0 Å². The number of ketones is 1. The van der Waals surface area contributed by atoms with Crippen molar-refractivity contribution in [2.75, 3.05) is 11.9 Å². The summed E-state index contributed by atoms with van der Waals surface area (Å²) in [5.41, 5.74) is 0. The number of halogens is 1. The van der Waals surface area contributed by atoms with E-state index in [4.69, 9.17) is 0 Å². The Bertz CT molecular complexity index is 350. The first-order chi connectivity index (χ1) is 6.77. The number of hydrogen-bond acceptors (Lipinski definition) is 3. The molecule has 1 aromatic rings. The van der Waals surface area contributed by atoms with E-state index in [0.717, 1.165) is 23.1 Å². The summed E-state index contributed by atoms with van der Waals surface area (Å²) < 4.78 is 0.892. The molecule has 0 radical (unpaired) electrons. The predicted molar refractivity (Wildman–Crippen MR) is 58.2 cm³/mol. The van der Waals surface area contributed by atoms with Crippen LogP contribution in [0.15, 0.2) is 22.8 Å². The number of pyridine rings is 1. The van der Waals surface area contributed by atoms with Gasteiger partial charge in [0.1, 0.15) is 5.82 Å². The van der Waals surface area contributed by atoms with E-state index >= 15 is 0 Å². The maximum Gasteiger partial charge on any atom is 0.154 e. The molecule has 0 saturated heterocycles. The van der Waals surface area contributed by atoms with E-state index in [1.54, 1.807) is 6.20 Å². The lowest BCUT2D eigenvalue weighted by atomic mass is 10.2. The fourth-order valence-corrected chi connectivity index (χ4v) is 1.63. The molecule has 1 fully saturated rings. The number of carbonyl (C=O) groups is 1. The maximum atomic E-state index is 11.4. The van der Waals surface area contributed by atoms with E-state index in [-0.39, 0.29) is 0 Å². The van der Waals surface area contributed by atoms with Crippen molar-refractivity contribution in [2.24, 2.45) is 5.92 Å². The van der Waals surface area contributed by atoms with Crippen LogP contribution >= 0.6 is 15.9 Å². The molecule has 1 saturated carbocycles. The van der Waals surface area contributed by atoms with Crippen LogP contribution in [0.1, 0.15) is 12.8 Å². The maximum absolute atomic E-state index is 11.4. The van der Waals surface area contributed by atoms with Crippen molar-refractivity contribution in [1.82, 2.24) is 4.98 Å². The van der Waals surface area contributed by atoms with Crippen LogP contribution in [-0.4, -0.2) is 17.3 Å². The second kappa shape index (κ2) is 4.09. The minimum Gasteiger partial charge on any atom is -0.362 e. The second-order valence-corrected chi connectivity index (χ2v) is 4.28. The van der Waals surface area contributed by atoms with E-state index in [2.05, 4.69) is 26.2 Å². The van der Waals surface area contributed by atoms with Crippen molar-refractivity contribution >= 4 is 27.5 Å². The lowest BCUT2D eigenvalue weighted by Gasteiger charge is -2.05. The van der Waals surface area contributed by atoms with Gasteiger partial charge in [0.15, 0.2) is 5.78 Å². The van der Waals surface area contributed by atoms with Crippen LogP contribution < -0.4 is 5.32 Å². The van der Waals surface area contributed by atoms with Crippen molar-refractivity contribution in [1.29, 1.82) is 0 Å². The molecule has 0 bridgehead atoms. The van der Waals surface area contributed by atoms with Gasteiger partial charge in [-0.25, -0.2) is 4.98 Å². The quantitative estimate of drug-likeness (QED) is 0.897. The average molecular weight is 255 g/mol. The first-order valence-corrected chi connectivity index (χ1v) is 5.44. The molecule has 0 unspecified atom stereocenters. The van der Waals surface area contributed by atoms with Gasteiger partial charge in [-0.2, -0.15) is 0 Å². The Morgan fingerprint density at radius 1 is 1.64 bits per heavy atom. The molecule has 0 aliphatic heterocycles. The SMILES string of the molecule is O=C(CNc1ncccc1Br)C1CC1. The summed E-state index contributed by atoms with van der Waals surface area (Å²) in [6.07, 6.45) is 3.82. The van der Waals surface area contributed by atoms with E-state index in [0.29, 0.717) is 18.2 Å². The number of nitrogens with zero attached hydrogens (tertiary/aromatic N) is 1. The Morgan fingerprint density at radius 3 is 3.07 bits per heavy atom. The lowest BCUT2D eigenvalue weighted by molar-refractivity contribution is -0.118. The topological polar surface area (TPSA) is 42.0 Å². The smallest absolute Gasteiger partial charge is 0.154 e. The Morgan fingerprint density at radius 2 is 2.43 bits per heavy atom. The molecule has 1 aliphatic carbocycles. The minimum atomic E-state index is 0.294. The molecule has 1 aliphatic rings. The second-order valence-electron chi connectivity index (χ2n) is 3.43. The van der Waals surface area contributed by atoms with Crippen LogP contribution in [0.4, 0.5) is 5.82 Å². The molecule has 1 aromatic heterocycles. The number of Topliss-reactive ketones (excluding diaryl/α,β-unsaturated/α-hetero) is 1. The molecule has 4 heteroatoms. The zero-order valence-corrected chi connectivity index (χ0v) is 9.25. The number of nitrogens with one attached hydrogen (secondary N) is 1. The minimum absolute atomic E-state index is 0.294. The molecule has 1 N–H and O–H groups in total. The van der Waals surface area contributed by atoms with Gasteiger partial charge in [-0.05, 0) is 40.9 Å². The van der Waals surface area contributed by atoms with Gasteiger partial charge in [-0.1, -0.05) is 0 Å².